The Kier molecular flexibility index (Phi) is 10.3. The second-order valence-electron chi connectivity index (χ2n) is 13.8. The molecule has 3 saturated heterocycles. The molecule has 1 aromatic heterocycles. The first-order chi connectivity index (χ1) is 24.9. The van der Waals surface area contributed by atoms with E-state index in [1.54, 1.807) is 35.8 Å². The number of nitrogens with zero attached hydrogens (tertiary/aromatic N) is 4. The third-order valence-electron chi connectivity index (χ3n) is 10.3. The molecule has 2 aromatic carbocycles. The van der Waals surface area contributed by atoms with Crippen LogP contribution in [0, 0.1) is 19.7 Å². The van der Waals surface area contributed by atoms with Gasteiger partial charge in [-0.3, -0.25) is 19.3 Å². The summed E-state index contributed by atoms with van der Waals surface area (Å²) in [5, 5.41) is 5.71. The summed E-state index contributed by atoms with van der Waals surface area (Å²) in [7, 11) is 1.50. The Hall–Kier alpha value is -4.99. The van der Waals surface area contributed by atoms with Gasteiger partial charge in [0.2, 0.25) is 5.91 Å². The lowest BCUT2D eigenvalue weighted by molar-refractivity contribution is -0.274. The van der Waals surface area contributed by atoms with Crippen molar-refractivity contribution < 1.29 is 40.7 Å². The number of carbonyl (C=O) groups is 2. The molecule has 0 radical (unpaired) electrons. The van der Waals surface area contributed by atoms with Gasteiger partial charge in [0.1, 0.15) is 17.6 Å². The molecule has 0 bridgehead atoms. The minimum atomic E-state index is -5.17. The summed E-state index contributed by atoms with van der Waals surface area (Å²) in [5.41, 5.74) is 2.17. The third-order valence-corrected chi connectivity index (χ3v) is 10.3. The standard InChI is InChI=1S/C37H40F6N6O4/c1-21-5-9-29(33(50)44-21)45-25-7-10-30(28(38)18-25)47-13-15-48(16-14-47)32-11-12-49(20-36(32,39)40)35(52)26-8-6-24(17-31(26)53-37(41,42)43)27-19-46(4)34(51)23(3)22(27)2/h6-8,10,17-19,29,32,45H,1,5,9,11-16,20H2,2-4H3,(H,44,50)/t29-,32-/m0/s1. The van der Waals surface area contributed by atoms with Crippen LogP contribution < -0.4 is 25.8 Å². The van der Waals surface area contributed by atoms with Gasteiger partial charge in [0.15, 0.2) is 0 Å². The first-order valence-corrected chi connectivity index (χ1v) is 17.2. The number of nitrogens with one attached hydrogen (secondary N) is 2. The van der Waals surface area contributed by atoms with Crippen LogP contribution in [0.4, 0.5) is 37.7 Å². The minimum absolute atomic E-state index is 0.137. The lowest BCUT2D eigenvalue weighted by Gasteiger charge is -2.46. The average Bonchev–Trinajstić information content (AvgIpc) is 3.09. The molecule has 53 heavy (non-hydrogen) atoms. The molecule has 3 aliphatic rings. The molecule has 2 N–H and O–H groups in total. The predicted molar refractivity (Wildman–Crippen MR) is 187 cm³/mol. The van der Waals surface area contributed by atoms with E-state index in [1.165, 1.54) is 29.9 Å². The molecule has 10 nitrogen and oxygen atoms in total. The number of likely N-dealkylation sites (tertiary alicyclic amines) is 1. The van der Waals surface area contributed by atoms with Gasteiger partial charge in [-0.25, -0.2) is 13.2 Å². The number of aryl methyl sites for hydroxylation is 1. The highest BCUT2D eigenvalue weighted by Crippen LogP contribution is 2.37. The van der Waals surface area contributed by atoms with Crippen LogP contribution in [0.25, 0.3) is 11.1 Å². The number of anilines is 2. The number of hydrogen-bond acceptors (Lipinski definition) is 7. The number of pyridine rings is 1. The Bertz CT molecular complexity index is 1990. The Labute approximate surface area is 302 Å². The van der Waals surface area contributed by atoms with E-state index in [9.17, 15) is 27.6 Å². The summed E-state index contributed by atoms with van der Waals surface area (Å²) in [4.78, 5) is 42.3. The zero-order valence-corrected chi connectivity index (χ0v) is 29.5. The van der Waals surface area contributed by atoms with E-state index >= 15 is 13.2 Å². The fourth-order valence-corrected chi connectivity index (χ4v) is 7.30. The number of halogens is 6. The molecule has 3 aromatic rings. The van der Waals surface area contributed by atoms with Crippen LogP contribution >= 0.6 is 0 Å². The Morgan fingerprint density at radius 2 is 1.72 bits per heavy atom. The molecule has 16 heteroatoms. The van der Waals surface area contributed by atoms with Gasteiger partial charge in [0, 0.05) is 68.5 Å². The molecule has 2 amide bonds. The van der Waals surface area contributed by atoms with Crippen LogP contribution in [0.15, 0.2) is 59.7 Å². The van der Waals surface area contributed by atoms with Gasteiger partial charge >= 0.3 is 6.36 Å². The fourth-order valence-electron chi connectivity index (χ4n) is 7.30. The van der Waals surface area contributed by atoms with E-state index in [0.29, 0.717) is 46.6 Å². The second kappa shape index (κ2) is 14.4. The van der Waals surface area contributed by atoms with Gasteiger partial charge < -0.3 is 29.7 Å². The highest BCUT2D eigenvalue weighted by Gasteiger charge is 2.49. The average molecular weight is 747 g/mol. The maximum absolute atomic E-state index is 15.8. The summed E-state index contributed by atoms with van der Waals surface area (Å²) in [6.07, 6.45) is -2.72. The lowest BCUT2D eigenvalue weighted by atomic mass is 9.96. The molecular formula is C37H40F6N6O4. The quantitative estimate of drug-likeness (QED) is 0.305. The highest BCUT2D eigenvalue weighted by molar-refractivity contribution is 5.98. The minimum Gasteiger partial charge on any atom is -0.405 e. The van der Waals surface area contributed by atoms with Crippen molar-refractivity contribution in [1.82, 2.24) is 19.7 Å². The number of carbonyl (C=O) groups excluding carboxylic acids is 2. The van der Waals surface area contributed by atoms with Crippen molar-refractivity contribution >= 4 is 23.2 Å². The smallest absolute Gasteiger partial charge is 0.405 e. The Morgan fingerprint density at radius 1 is 1.00 bits per heavy atom. The monoisotopic (exact) mass is 746 g/mol. The van der Waals surface area contributed by atoms with Gasteiger partial charge in [-0.2, -0.15) is 0 Å². The van der Waals surface area contributed by atoms with E-state index in [0.717, 1.165) is 17.0 Å². The van der Waals surface area contributed by atoms with Gasteiger partial charge in [-0.05, 0) is 74.6 Å². The number of allylic oxidation sites excluding steroid dienone is 1. The van der Waals surface area contributed by atoms with Crippen molar-refractivity contribution in [3.63, 3.8) is 0 Å². The summed E-state index contributed by atoms with van der Waals surface area (Å²) >= 11 is 0. The number of ether oxygens (including phenoxy) is 1. The molecule has 0 saturated carbocycles. The molecule has 284 valence electrons. The lowest BCUT2D eigenvalue weighted by Crippen LogP contribution is -2.62. The van der Waals surface area contributed by atoms with Crippen molar-refractivity contribution in [3.8, 4) is 16.9 Å². The third kappa shape index (κ3) is 8.01. The number of alkyl halides is 5. The number of hydrogen-bond donors (Lipinski definition) is 2. The van der Waals surface area contributed by atoms with Gasteiger partial charge in [0.25, 0.3) is 17.4 Å². The number of amides is 2. The van der Waals surface area contributed by atoms with Crippen LogP contribution in [-0.4, -0.2) is 89.8 Å². The summed E-state index contributed by atoms with van der Waals surface area (Å²) in [6, 6.07) is 6.31. The molecule has 3 aliphatic heterocycles. The zero-order valence-electron chi connectivity index (χ0n) is 29.5. The molecule has 6 rings (SSSR count). The SMILES string of the molecule is C=C1CC[C@H](Nc2ccc(N3CCN([C@H]4CCN(C(=O)c5ccc(-c6cn(C)c(=O)c(C)c6C)cc5OC(F)(F)F)CC4(F)F)CC3)c(F)c2)C(=O)N1. The van der Waals surface area contributed by atoms with E-state index in [2.05, 4.69) is 21.9 Å². The van der Waals surface area contributed by atoms with Crippen LogP contribution in [0.5, 0.6) is 5.75 Å². The van der Waals surface area contributed by atoms with Gasteiger partial charge in [-0.1, -0.05) is 12.6 Å². The Morgan fingerprint density at radius 3 is 2.36 bits per heavy atom. The normalized spacial score (nSPS) is 21.0. The van der Waals surface area contributed by atoms with Crippen molar-refractivity contribution in [2.24, 2.45) is 7.05 Å². The number of aromatic nitrogens is 1. The molecule has 0 unspecified atom stereocenters. The van der Waals surface area contributed by atoms with Crippen molar-refractivity contribution in [3.05, 3.63) is 87.7 Å². The van der Waals surface area contributed by atoms with Gasteiger partial charge in [0.05, 0.1) is 23.8 Å². The summed E-state index contributed by atoms with van der Waals surface area (Å²) < 4.78 is 92.9. The number of benzene rings is 2. The van der Waals surface area contributed by atoms with E-state index < -0.39 is 54.0 Å². The molecular weight excluding hydrogens is 706 g/mol. The maximum Gasteiger partial charge on any atom is 0.573 e. The number of piperidine rings is 2. The van der Waals surface area contributed by atoms with Crippen LogP contribution in [-0.2, 0) is 11.8 Å². The maximum atomic E-state index is 15.8. The summed E-state index contributed by atoms with van der Waals surface area (Å²) in [5.74, 6) is -6.04. The van der Waals surface area contributed by atoms with Crippen LogP contribution in [0.3, 0.4) is 0 Å². The second-order valence-corrected chi connectivity index (χ2v) is 13.8. The first-order valence-electron chi connectivity index (χ1n) is 17.2. The van der Waals surface area contributed by atoms with E-state index in [-0.39, 0.29) is 56.2 Å². The van der Waals surface area contributed by atoms with Crippen molar-refractivity contribution in [1.29, 1.82) is 0 Å². The highest BCUT2D eigenvalue weighted by atomic mass is 19.4. The number of piperazine rings is 1. The van der Waals surface area contributed by atoms with Crippen LogP contribution in [0.2, 0.25) is 0 Å². The van der Waals surface area contributed by atoms with E-state index in [1.807, 2.05) is 0 Å². The van der Waals surface area contributed by atoms with E-state index in [4.69, 9.17) is 0 Å². The summed E-state index contributed by atoms with van der Waals surface area (Å²) in [6.45, 7) is 6.72. The predicted octanol–water partition coefficient (Wildman–Crippen LogP) is 5.58. The zero-order chi connectivity index (χ0) is 38.4. The number of rotatable bonds is 7. The van der Waals surface area contributed by atoms with Gasteiger partial charge in [-0.15, -0.1) is 13.2 Å². The largest absolute Gasteiger partial charge is 0.573 e. The fraction of sp³-hybridized carbons (Fsp3) is 0.432. The molecule has 0 aliphatic carbocycles. The molecule has 0 spiro atoms. The first kappa shape index (κ1) is 37.8. The topological polar surface area (TPSA) is 99.2 Å². The molecule has 3 fully saturated rings. The molecule has 2 atom stereocenters. The van der Waals surface area contributed by atoms with Crippen molar-refractivity contribution in [2.45, 2.75) is 57.5 Å². The van der Waals surface area contributed by atoms with Crippen LogP contribution in [0.1, 0.15) is 40.7 Å². The Balaban J connectivity index is 1.11. The van der Waals surface area contributed by atoms with Crippen molar-refractivity contribution in [2.75, 3.05) is 49.5 Å². The molecule has 4 heterocycles.